The van der Waals surface area contributed by atoms with Gasteiger partial charge in [0.2, 0.25) is 0 Å². The van der Waals surface area contributed by atoms with Crippen LogP contribution in [0.1, 0.15) is 33.5 Å². The fourth-order valence-electron chi connectivity index (χ4n) is 3.57. The highest BCUT2D eigenvalue weighted by molar-refractivity contribution is 6.30. The molecule has 5 rings (SSSR count). The molecule has 0 fully saturated rings. The van der Waals surface area contributed by atoms with E-state index in [1.165, 1.54) is 6.26 Å². The lowest BCUT2D eigenvalue weighted by atomic mass is 10.0. The highest BCUT2D eigenvalue weighted by atomic mass is 35.5. The third kappa shape index (κ3) is 4.29. The molecule has 2 aromatic carbocycles. The maximum atomic E-state index is 12.5. The number of pyridine rings is 1. The van der Waals surface area contributed by atoms with Crippen LogP contribution in [0.4, 0.5) is 5.69 Å². The Kier molecular flexibility index (Phi) is 5.47. The summed E-state index contributed by atoms with van der Waals surface area (Å²) < 4.78 is 11.7. The van der Waals surface area contributed by atoms with E-state index in [1.54, 1.807) is 18.5 Å². The van der Waals surface area contributed by atoms with Crippen molar-refractivity contribution < 1.29 is 13.9 Å². The Hall–Kier alpha value is -3.84. The van der Waals surface area contributed by atoms with Crippen LogP contribution >= 0.6 is 11.6 Å². The Morgan fingerprint density at radius 2 is 1.94 bits per heavy atom. The van der Waals surface area contributed by atoms with E-state index in [2.05, 4.69) is 20.6 Å². The van der Waals surface area contributed by atoms with Gasteiger partial charge in [-0.1, -0.05) is 29.8 Å². The average Bonchev–Trinajstić information content (AvgIpc) is 3.22. The van der Waals surface area contributed by atoms with Crippen LogP contribution < -0.4 is 15.4 Å². The van der Waals surface area contributed by atoms with Crippen LogP contribution in [0.15, 0.2) is 77.7 Å². The van der Waals surface area contributed by atoms with Crippen molar-refractivity contribution >= 4 is 23.2 Å². The quantitative estimate of drug-likeness (QED) is 0.440. The molecule has 0 bridgehead atoms. The maximum Gasteiger partial charge on any atom is 0.273 e. The van der Waals surface area contributed by atoms with Crippen LogP contribution in [0, 0.1) is 0 Å². The fourth-order valence-corrected chi connectivity index (χ4v) is 3.74. The number of carbonyl (C=O) groups is 1. The first-order valence-electron chi connectivity index (χ1n) is 10.1. The second-order valence-electron chi connectivity index (χ2n) is 7.35. The number of rotatable bonds is 5. The molecule has 160 valence electrons. The van der Waals surface area contributed by atoms with Gasteiger partial charge in [0.05, 0.1) is 11.7 Å². The molecule has 7 nitrogen and oxygen atoms in total. The van der Waals surface area contributed by atoms with Crippen LogP contribution in [-0.4, -0.2) is 15.9 Å². The van der Waals surface area contributed by atoms with Crippen molar-refractivity contribution in [2.75, 3.05) is 5.32 Å². The first-order valence-corrected chi connectivity index (χ1v) is 10.5. The first-order chi connectivity index (χ1) is 15.7. The van der Waals surface area contributed by atoms with E-state index in [0.717, 1.165) is 22.6 Å². The van der Waals surface area contributed by atoms with Crippen molar-refractivity contribution in [3.63, 3.8) is 0 Å². The van der Waals surface area contributed by atoms with Gasteiger partial charge in [0.25, 0.3) is 5.91 Å². The minimum absolute atomic E-state index is 0.183. The second-order valence-corrected chi connectivity index (χ2v) is 7.78. The molecule has 0 saturated heterocycles. The van der Waals surface area contributed by atoms with Crippen LogP contribution in [0.2, 0.25) is 5.02 Å². The van der Waals surface area contributed by atoms with Crippen molar-refractivity contribution in [3.05, 3.63) is 101 Å². The molecular weight excluding hydrogens is 428 g/mol. The molecule has 0 aliphatic carbocycles. The van der Waals surface area contributed by atoms with Crippen LogP contribution in [-0.2, 0) is 13.0 Å². The summed E-state index contributed by atoms with van der Waals surface area (Å²) in [6, 6.07) is 16.7. The highest BCUT2D eigenvalue weighted by Crippen LogP contribution is 2.41. The molecule has 0 spiro atoms. The number of oxazole rings is 1. The molecule has 32 heavy (non-hydrogen) atoms. The Balaban J connectivity index is 1.34. The maximum absolute atomic E-state index is 12.5. The number of hydrogen-bond acceptors (Lipinski definition) is 6. The van der Waals surface area contributed by atoms with Crippen molar-refractivity contribution in [2.24, 2.45) is 0 Å². The van der Waals surface area contributed by atoms with Gasteiger partial charge in [-0.05, 0) is 42.0 Å². The topological polar surface area (TPSA) is 89.3 Å². The first kappa shape index (κ1) is 20.1. The van der Waals surface area contributed by atoms with Gasteiger partial charge in [0.15, 0.2) is 17.3 Å². The van der Waals surface area contributed by atoms with Gasteiger partial charge < -0.3 is 19.8 Å². The normalized spacial score (nSPS) is 14.3. The molecule has 0 radical (unpaired) electrons. The Morgan fingerprint density at radius 1 is 1.09 bits per heavy atom. The molecule has 4 aromatic rings. The number of benzene rings is 2. The van der Waals surface area contributed by atoms with Gasteiger partial charge in [-0.25, -0.2) is 4.98 Å². The zero-order valence-corrected chi connectivity index (χ0v) is 17.7. The number of fused-ring (bicyclic) bond motifs is 2. The summed E-state index contributed by atoms with van der Waals surface area (Å²) in [6.45, 7) is 0.385. The Morgan fingerprint density at radius 3 is 2.81 bits per heavy atom. The van der Waals surface area contributed by atoms with Gasteiger partial charge in [0, 0.05) is 35.9 Å². The van der Waals surface area contributed by atoms with Gasteiger partial charge in [-0.15, -0.1) is 0 Å². The molecule has 1 atom stereocenters. The fraction of sp³-hybridized carbons (Fsp3) is 0.125. The average molecular weight is 447 g/mol. The van der Waals surface area contributed by atoms with Crippen molar-refractivity contribution in [1.29, 1.82) is 0 Å². The summed E-state index contributed by atoms with van der Waals surface area (Å²) in [6.07, 6.45) is 5.16. The van der Waals surface area contributed by atoms with E-state index >= 15 is 0 Å². The number of para-hydroxylation sites is 1. The van der Waals surface area contributed by atoms with Crippen molar-refractivity contribution in [2.45, 2.75) is 19.0 Å². The van der Waals surface area contributed by atoms with Crippen LogP contribution in [0.25, 0.3) is 0 Å². The molecule has 3 heterocycles. The second kappa shape index (κ2) is 8.72. The van der Waals surface area contributed by atoms with Crippen LogP contribution in [0.5, 0.6) is 11.5 Å². The number of hydrogen-bond donors (Lipinski definition) is 2. The van der Waals surface area contributed by atoms with Gasteiger partial charge in [0.1, 0.15) is 12.0 Å². The summed E-state index contributed by atoms with van der Waals surface area (Å²) in [5, 5.41) is 6.92. The van der Waals surface area contributed by atoms with Crippen molar-refractivity contribution in [1.82, 2.24) is 15.3 Å². The number of amides is 1. The number of nitrogens with zero attached hydrogens (tertiary/aromatic N) is 2. The molecule has 1 aliphatic rings. The summed E-state index contributed by atoms with van der Waals surface area (Å²) in [7, 11) is 0. The van der Waals surface area contributed by atoms with Crippen LogP contribution in [0.3, 0.4) is 0 Å². The predicted molar refractivity (Wildman–Crippen MR) is 120 cm³/mol. The highest BCUT2D eigenvalue weighted by Gasteiger charge is 2.25. The molecular formula is C24H19ClN4O3. The molecule has 1 unspecified atom stereocenters. The molecule has 8 heteroatoms. The number of anilines is 1. The largest absolute Gasteiger partial charge is 0.455 e. The number of aromatic nitrogens is 2. The molecule has 0 saturated carbocycles. The lowest BCUT2D eigenvalue weighted by Gasteiger charge is -2.17. The van der Waals surface area contributed by atoms with Gasteiger partial charge in [-0.2, -0.15) is 0 Å². The molecule has 2 aromatic heterocycles. The van der Waals surface area contributed by atoms with E-state index in [9.17, 15) is 4.79 Å². The Bertz CT molecular complexity index is 1260. The monoisotopic (exact) mass is 446 g/mol. The lowest BCUT2D eigenvalue weighted by molar-refractivity contribution is 0.0946. The van der Waals surface area contributed by atoms with E-state index in [-0.39, 0.29) is 17.6 Å². The van der Waals surface area contributed by atoms with E-state index in [1.807, 2.05) is 48.5 Å². The third-order valence-corrected chi connectivity index (χ3v) is 5.39. The number of nitrogens with one attached hydrogen (secondary N) is 2. The molecule has 1 amide bonds. The lowest BCUT2D eigenvalue weighted by Crippen LogP contribution is -2.23. The molecule has 1 aliphatic heterocycles. The summed E-state index contributed by atoms with van der Waals surface area (Å²) >= 11 is 6.19. The van der Waals surface area contributed by atoms with Crippen molar-refractivity contribution in [3.8, 4) is 11.5 Å². The minimum Gasteiger partial charge on any atom is -0.455 e. The van der Waals surface area contributed by atoms with E-state index in [0.29, 0.717) is 29.6 Å². The summed E-state index contributed by atoms with van der Waals surface area (Å²) in [4.78, 5) is 20.8. The SMILES string of the molecule is O=C(NCc1ccncc1)c1coc(CC2Nc3cc(Cl)ccc3Oc3ccccc32)n1. The smallest absolute Gasteiger partial charge is 0.273 e. The number of ether oxygens (including phenoxy) is 1. The zero-order valence-electron chi connectivity index (χ0n) is 16.9. The number of halogens is 1. The van der Waals surface area contributed by atoms with E-state index < -0.39 is 0 Å². The Labute approximate surface area is 189 Å². The minimum atomic E-state index is -0.300. The predicted octanol–water partition coefficient (Wildman–Crippen LogP) is 5.15. The van der Waals surface area contributed by atoms with Gasteiger partial charge in [-0.3, -0.25) is 9.78 Å². The number of carbonyl (C=O) groups excluding carboxylic acids is 1. The standard InChI is InChI=1S/C24H19ClN4O3/c25-16-5-6-22-19(11-16)28-18(17-3-1-2-4-21(17)32-22)12-23-29-20(14-31-23)24(30)27-13-15-7-9-26-10-8-15/h1-11,14,18,28H,12-13H2,(H,27,30). The zero-order chi connectivity index (χ0) is 21.9. The third-order valence-electron chi connectivity index (χ3n) is 5.15. The molecule has 2 N–H and O–H groups in total. The summed E-state index contributed by atoms with van der Waals surface area (Å²) in [5.74, 6) is 1.57. The summed E-state index contributed by atoms with van der Waals surface area (Å²) in [5.41, 5.74) is 2.92. The van der Waals surface area contributed by atoms with E-state index in [4.69, 9.17) is 20.8 Å². The van der Waals surface area contributed by atoms with Gasteiger partial charge >= 0.3 is 0 Å².